The summed E-state index contributed by atoms with van der Waals surface area (Å²) in [5.41, 5.74) is 2.48. The maximum Gasteiger partial charge on any atom is 0.134 e. The van der Waals surface area contributed by atoms with Gasteiger partial charge in [0.25, 0.3) is 0 Å². The van der Waals surface area contributed by atoms with Crippen LogP contribution in [0.5, 0.6) is 0 Å². The van der Waals surface area contributed by atoms with Crippen LogP contribution in [0.25, 0.3) is 9.88 Å². The van der Waals surface area contributed by atoms with Crippen LogP contribution < -0.4 is 5.32 Å². The van der Waals surface area contributed by atoms with Gasteiger partial charge in [0.1, 0.15) is 5.01 Å². The summed E-state index contributed by atoms with van der Waals surface area (Å²) in [4.78, 5) is 7.34. The first kappa shape index (κ1) is 12.7. The number of aromatic nitrogens is 1. The number of hydrogen-bond donors (Lipinski definition) is 1. The smallest absolute Gasteiger partial charge is 0.134 e. The van der Waals surface area contributed by atoms with Gasteiger partial charge >= 0.3 is 0 Å². The van der Waals surface area contributed by atoms with Crippen molar-refractivity contribution in [1.29, 1.82) is 0 Å². The van der Waals surface area contributed by atoms with E-state index in [1.807, 2.05) is 11.3 Å². The first-order valence-electron chi connectivity index (χ1n) is 5.82. The van der Waals surface area contributed by atoms with Crippen LogP contribution in [0.15, 0.2) is 11.4 Å². The van der Waals surface area contributed by atoms with Crippen molar-refractivity contribution in [3.05, 3.63) is 27.6 Å². The van der Waals surface area contributed by atoms with Gasteiger partial charge in [0.15, 0.2) is 0 Å². The molecule has 0 fully saturated rings. The molecule has 92 valence electrons. The van der Waals surface area contributed by atoms with Crippen LogP contribution in [0.4, 0.5) is 0 Å². The molecular formula is C13H18N2S2. The van der Waals surface area contributed by atoms with E-state index in [4.69, 9.17) is 0 Å². The van der Waals surface area contributed by atoms with Crippen molar-refractivity contribution >= 4 is 22.7 Å². The number of rotatable bonds is 4. The van der Waals surface area contributed by atoms with Crippen molar-refractivity contribution in [2.45, 2.75) is 40.3 Å². The van der Waals surface area contributed by atoms with Gasteiger partial charge in [-0.25, -0.2) is 4.98 Å². The standard InChI is InChI=1S/C13H18N2S2/c1-8(2)14-7-11-10(4)15-13(17-11)12-9(3)5-6-16-12/h5-6,8,14H,7H2,1-4H3. The van der Waals surface area contributed by atoms with Crippen LogP contribution in [0.2, 0.25) is 0 Å². The molecule has 0 saturated carbocycles. The number of hydrogen-bond acceptors (Lipinski definition) is 4. The molecule has 0 atom stereocenters. The zero-order chi connectivity index (χ0) is 12.4. The van der Waals surface area contributed by atoms with Crippen molar-refractivity contribution in [2.24, 2.45) is 0 Å². The van der Waals surface area contributed by atoms with Crippen LogP contribution in [-0.2, 0) is 6.54 Å². The first-order valence-corrected chi connectivity index (χ1v) is 7.51. The summed E-state index contributed by atoms with van der Waals surface area (Å²) in [7, 11) is 0. The second-order valence-corrected chi connectivity index (χ2v) is 6.50. The molecule has 0 spiro atoms. The van der Waals surface area contributed by atoms with E-state index in [0.717, 1.165) is 17.2 Å². The lowest BCUT2D eigenvalue weighted by molar-refractivity contribution is 0.591. The van der Waals surface area contributed by atoms with E-state index in [0.29, 0.717) is 6.04 Å². The third-order valence-corrected chi connectivity index (χ3v) is 4.95. The molecule has 1 N–H and O–H groups in total. The van der Waals surface area contributed by atoms with E-state index < -0.39 is 0 Å². The summed E-state index contributed by atoms with van der Waals surface area (Å²) in [6.45, 7) is 9.50. The maximum atomic E-state index is 4.68. The number of thiophene rings is 1. The summed E-state index contributed by atoms with van der Waals surface area (Å²) in [6.07, 6.45) is 0. The highest BCUT2D eigenvalue weighted by Crippen LogP contribution is 2.33. The molecule has 0 aliphatic heterocycles. The molecule has 0 aliphatic rings. The number of aryl methyl sites for hydroxylation is 2. The van der Waals surface area contributed by atoms with E-state index >= 15 is 0 Å². The van der Waals surface area contributed by atoms with Crippen molar-refractivity contribution in [3.63, 3.8) is 0 Å². The van der Waals surface area contributed by atoms with Crippen LogP contribution in [-0.4, -0.2) is 11.0 Å². The van der Waals surface area contributed by atoms with Gasteiger partial charge in [0, 0.05) is 17.5 Å². The Morgan fingerprint density at radius 3 is 2.71 bits per heavy atom. The quantitative estimate of drug-likeness (QED) is 0.905. The summed E-state index contributed by atoms with van der Waals surface area (Å²) in [5.74, 6) is 0. The minimum Gasteiger partial charge on any atom is -0.310 e. The topological polar surface area (TPSA) is 24.9 Å². The summed E-state index contributed by atoms with van der Waals surface area (Å²) < 4.78 is 0. The summed E-state index contributed by atoms with van der Waals surface area (Å²) in [5, 5.41) is 6.74. The second-order valence-electron chi connectivity index (χ2n) is 4.50. The van der Waals surface area contributed by atoms with Crippen LogP contribution in [0.1, 0.15) is 30.0 Å². The van der Waals surface area contributed by atoms with Gasteiger partial charge in [-0.15, -0.1) is 22.7 Å². The Hall–Kier alpha value is -0.710. The predicted molar refractivity (Wildman–Crippen MR) is 76.9 cm³/mol. The summed E-state index contributed by atoms with van der Waals surface area (Å²) >= 11 is 3.59. The van der Waals surface area contributed by atoms with Gasteiger partial charge in [-0.2, -0.15) is 0 Å². The van der Waals surface area contributed by atoms with E-state index in [1.165, 1.54) is 15.3 Å². The van der Waals surface area contributed by atoms with Crippen molar-refractivity contribution in [1.82, 2.24) is 10.3 Å². The Bertz CT molecular complexity index is 497. The molecule has 0 bridgehead atoms. The minimum atomic E-state index is 0.517. The Kier molecular flexibility index (Phi) is 3.97. The van der Waals surface area contributed by atoms with Gasteiger partial charge in [-0.1, -0.05) is 13.8 Å². The Balaban J connectivity index is 2.22. The van der Waals surface area contributed by atoms with Gasteiger partial charge in [0.05, 0.1) is 10.6 Å². The van der Waals surface area contributed by atoms with E-state index in [2.05, 4.69) is 49.4 Å². The highest BCUT2D eigenvalue weighted by atomic mass is 32.1. The summed E-state index contributed by atoms with van der Waals surface area (Å²) in [6, 6.07) is 2.67. The number of nitrogens with zero attached hydrogens (tertiary/aromatic N) is 1. The first-order chi connectivity index (χ1) is 8.08. The SMILES string of the molecule is Cc1ccsc1-c1nc(C)c(CNC(C)C)s1. The normalized spacial score (nSPS) is 11.4. The Morgan fingerprint density at radius 1 is 1.35 bits per heavy atom. The molecule has 2 heterocycles. The highest BCUT2D eigenvalue weighted by Gasteiger charge is 2.12. The number of thiazole rings is 1. The van der Waals surface area contributed by atoms with Gasteiger partial charge in [-0.3, -0.25) is 0 Å². The van der Waals surface area contributed by atoms with Crippen LogP contribution in [0.3, 0.4) is 0 Å². The van der Waals surface area contributed by atoms with Crippen molar-refractivity contribution in [3.8, 4) is 9.88 Å². The molecule has 4 heteroatoms. The maximum absolute atomic E-state index is 4.68. The Morgan fingerprint density at radius 2 is 2.12 bits per heavy atom. The third-order valence-electron chi connectivity index (χ3n) is 2.62. The molecular weight excluding hydrogens is 248 g/mol. The van der Waals surface area contributed by atoms with Gasteiger partial charge < -0.3 is 5.32 Å². The molecule has 0 radical (unpaired) electrons. The van der Waals surface area contributed by atoms with Crippen LogP contribution in [0, 0.1) is 13.8 Å². The van der Waals surface area contributed by atoms with Crippen molar-refractivity contribution < 1.29 is 0 Å². The fourth-order valence-corrected chi connectivity index (χ4v) is 3.67. The predicted octanol–water partition coefficient (Wildman–Crippen LogP) is 3.99. The fourth-order valence-electron chi connectivity index (χ4n) is 1.58. The zero-order valence-electron chi connectivity index (χ0n) is 10.7. The Labute approximate surface area is 111 Å². The lowest BCUT2D eigenvalue weighted by Crippen LogP contribution is -2.21. The average Bonchev–Trinajstić information content (AvgIpc) is 2.82. The molecule has 2 nitrogen and oxygen atoms in total. The van der Waals surface area contributed by atoms with E-state index in [-0.39, 0.29) is 0 Å². The van der Waals surface area contributed by atoms with Crippen molar-refractivity contribution in [2.75, 3.05) is 0 Å². The molecule has 17 heavy (non-hydrogen) atoms. The third kappa shape index (κ3) is 2.94. The van der Waals surface area contributed by atoms with E-state index in [9.17, 15) is 0 Å². The highest BCUT2D eigenvalue weighted by molar-refractivity contribution is 7.21. The monoisotopic (exact) mass is 266 g/mol. The van der Waals surface area contributed by atoms with Gasteiger partial charge in [-0.05, 0) is 30.9 Å². The second kappa shape index (κ2) is 5.29. The average molecular weight is 266 g/mol. The molecule has 2 rings (SSSR count). The lowest BCUT2D eigenvalue weighted by Gasteiger charge is -2.05. The zero-order valence-corrected chi connectivity index (χ0v) is 12.3. The molecule has 0 unspecified atom stereocenters. The van der Waals surface area contributed by atoms with E-state index in [1.54, 1.807) is 11.3 Å². The fraction of sp³-hybridized carbons (Fsp3) is 0.462. The molecule has 2 aromatic heterocycles. The van der Waals surface area contributed by atoms with Gasteiger partial charge in [0.2, 0.25) is 0 Å². The largest absolute Gasteiger partial charge is 0.310 e. The molecule has 0 amide bonds. The molecule has 2 aromatic rings. The van der Waals surface area contributed by atoms with Crippen LogP contribution >= 0.6 is 22.7 Å². The molecule has 0 aliphatic carbocycles. The minimum absolute atomic E-state index is 0.517. The lowest BCUT2D eigenvalue weighted by atomic mass is 10.3. The number of nitrogens with one attached hydrogen (secondary N) is 1. The molecule has 0 aromatic carbocycles. The molecule has 0 saturated heterocycles.